The Morgan fingerprint density at radius 3 is 2.36 bits per heavy atom. The third-order valence-electron chi connectivity index (χ3n) is 5.45. The minimum atomic E-state index is -0.600. The molecule has 178 valence electrons. The third kappa shape index (κ3) is 7.01. The van der Waals surface area contributed by atoms with Gasteiger partial charge >= 0.3 is 0 Å². The fourth-order valence-corrected chi connectivity index (χ4v) is 6.30. The van der Waals surface area contributed by atoms with Crippen molar-refractivity contribution in [2.24, 2.45) is 0 Å². The first-order chi connectivity index (χ1) is 16.0. The first-order valence-corrected chi connectivity index (χ1v) is 13.2. The molecule has 0 saturated carbocycles. The summed E-state index contributed by atoms with van der Waals surface area (Å²) < 4.78 is 30.0. The van der Waals surface area contributed by atoms with Crippen LogP contribution in [0.5, 0.6) is 5.75 Å². The Labute approximate surface area is 205 Å². The fraction of sp³-hybridized carbons (Fsp3) is 0.462. The van der Waals surface area contributed by atoms with E-state index < -0.39 is 5.79 Å². The summed E-state index contributed by atoms with van der Waals surface area (Å²) in [5.41, 5.74) is 2.27. The second kappa shape index (κ2) is 11.8. The second-order valence-corrected chi connectivity index (χ2v) is 10.7. The first-order valence-electron chi connectivity index (χ1n) is 11.2. The predicted octanol–water partition coefficient (Wildman–Crippen LogP) is 5.64. The summed E-state index contributed by atoms with van der Waals surface area (Å²) >= 11 is 3.71. The van der Waals surface area contributed by atoms with E-state index >= 15 is 0 Å². The minimum Gasteiger partial charge on any atom is -0.497 e. The van der Waals surface area contributed by atoms with Crippen LogP contribution < -0.4 is 4.74 Å². The molecule has 5 nitrogen and oxygen atoms in total. The van der Waals surface area contributed by atoms with E-state index in [1.165, 1.54) is 9.81 Å². The molecule has 0 bridgehead atoms. The highest BCUT2D eigenvalue weighted by molar-refractivity contribution is 8.10. The van der Waals surface area contributed by atoms with Crippen molar-refractivity contribution in [2.45, 2.75) is 45.1 Å². The maximum atomic E-state index is 6.50. The van der Waals surface area contributed by atoms with E-state index in [2.05, 4.69) is 12.1 Å². The molecule has 2 aliphatic heterocycles. The standard InChI is InChI=1S/C26H32O5S2/c1-26(2)30-17-22(31-26)24(29-16-19-7-5-4-6-8-19)25-23(32-13-14-33-25)18-28-15-20-9-11-21(27-3)12-10-20/h4-12,22,24H,13-18H2,1-3H3/t22-,24-/m0/s1. The molecule has 7 heteroatoms. The second-order valence-electron chi connectivity index (χ2n) is 8.41. The summed E-state index contributed by atoms with van der Waals surface area (Å²) in [6, 6.07) is 18.3. The van der Waals surface area contributed by atoms with E-state index in [0.717, 1.165) is 28.4 Å². The van der Waals surface area contributed by atoms with Crippen LogP contribution in [0.4, 0.5) is 0 Å². The topological polar surface area (TPSA) is 46.2 Å². The Balaban J connectivity index is 1.47. The highest BCUT2D eigenvalue weighted by atomic mass is 32.2. The van der Waals surface area contributed by atoms with E-state index in [-0.39, 0.29) is 12.2 Å². The van der Waals surface area contributed by atoms with Gasteiger partial charge in [0.25, 0.3) is 0 Å². The van der Waals surface area contributed by atoms with Crippen molar-refractivity contribution in [2.75, 3.05) is 31.8 Å². The van der Waals surface area contributed by atoms with Crippen LogP contribution in [0, 0.1) is 0 Å². The van der Waals surface area contributed by atoms with Gasteiger partial charge in [0.15, 0.2) is 5.79 Å². The molecule has 2 atom stereocenters. The van der Waals surface area contributed by atoms with Crippen LogP contribution in [0.3, 0.4) is 0 Å². The van der Waals surface area contributed by atoms with Crippen LogP contribution in [0.25, 0.3) is 0 Å². The van der Waals surface area contributed by atoms with Crippen LogP contribution in [-0.4, -0.2) is 49.8 Å². The van der Waals surface area contributed by atoms with Gasteiger partial charge in [-0.05, 0) is 37.1 Å². The van der Waals surface area contributed by atoms with Crippen molar-refractivity contribution in [3.63, 3.8) is 0 Å². The molecular formula is C26H32O5S2. The molecule has 0 amide bonds. The third-order valence-corrected chi connectivity index (χ3v) is 8.13. The Hall–Kier alpha value is -1.48. The maximum absolute atomic E-state index is 6.50. The number of hydrogen-bond donors (Lipinski definition) is 0. The van der Waals surface area contributed by atoms with Crippen LogP contribution in [0.1, 0.15) is 25.0 Å². The van der Waals surface area contributed by atoms with Crippen molar-refractivity contribution in [1.29, 1.82) is 0 Å². The van der Waals surface area contributed by atoms with Crippen LogP contribution >= 0.6 is 23.5 Å². The number of ether oxygens (including phenoxy) is 5. The summed E-state index contributed by atoms with van der Waals surface area (Å²) in [6.45, 7) is 6.06. The number of methoxy groups -OCH3 is 1. The Bertz CT molecular complexity index is 914. The lowest BCUT2D eigenvalue weighted by atomic mass is 10.1. The number of thioether (sulfide) groups is 2. The van der Waals surface area contributed by atoms with Gasteiger partial charge in [-0.3, -0.25) is 0 Å². The van der Waals surface area contributed by atoms with Gasteiger partial charge in [0.05, 0.1) is 33.5 Å². The fourth-order valence-electron chi connectivity index (χ4n) is 3.78. The SMILES string of the molecule is COc1ccc(COCC2=C([C@@H](OCc3ccccc3)[C@@H]3COC(C)(C)O3)SCCS2)cc1. The number of benzene rings is 2. The zero-order chi connectivity index (χ0) is 23.1. The van der Waals surface area contributed by atoms with Gasteiger partial charge in [0, 0.05) is 21.3 Å². The van der Waals surface area contributed by atoms with E-state index in [4.69, 9.17) is 23.7 Å². The summed E-state index contributed by atoms with van der Waals surface area (Å²) in [6.07, 6.45) is -0.342. The molecule has 4 rings (SSSR count). The predicted molar refractivity (Wildman–Crippen MR) is 135 cm³/mol. The minimum absolute atomic E-state index is 0.151. The van der Waals surface area contributed by atoms with Crippen molar-refractivity contribution in [3.05, 3.63) is 75.5 Å². The van der Waals surface area contributed by atoms with Gasteiger partial charge < -0.3 is 23.7 Å². The lowest BCUT2D eigenvalue weighted by Crippen LogP contribution is -2.35. The van der Waals surface area contributed by atoms with Gasteiger partial charge in [-0.1, -0.05) is 42.5 Å². The van der Waals surface area contributed by atoms with Crippen molar-refractivity contribution >= 4 is 23.5 Å². The molecule has 0 unspecified atom stereocenters. The zero-order valence-electron chi connectivity index (χ0n) is 19.5. The van der Waals surface area contributed by atoms with Crippen molar-refractivity contribution in [3.8, 4) is 5.75 Å². The summed E-state index contributed by atoms with van der Waals surface area (Å²) in [4.78, 5) is 2.44. The molecule has 2 aliphatic rings. The molecular weight excluding hydrogens is 456 g/mol. The molecule has 1 saturated heterocycles. The molecule has 33 heavy (non-hydrogen) atoms. The lowest BCUT2D eigenvalue weighted by molar-refractivity contribution is -0.153. The summed E-state index contributed by atoms with van der Waals surface area (Å²) in [5, 5.41) is 0. The average molecular weight is 489 g/mol. The molecule has 2 aromatic rings. The van der Waals surface area contributed by atoms with E-state index in [9.17, 15) is 0 Å². The molecule has 2 aromatic carbocycles. The van der Waals surface area contributed by atoms with Crippen molar-refractivity contribution in [1.82, 2.24) is 0 Å². The van der Waals surface area contributed by atoms with Gasteiger partial charge in [0.2, 0.25) is 0 Å². The number of hydrogen-bond acceptors (Lipinski definition) is 7. The molecule has 0 radical (unpaired) electrons. The molecule has 2 heterocycles. The Kier molecular flexibility index (Phi) is 8.79. The Morgan fingerprint density at radius 2 is 1.67 bits per heavy atom. The Morgan fingerprint density at radius 1 is 0.939 bits per heavy atom. The number of rotatable bonds is 10. The van der Waals surface area contributed by atoms with Crippen molar-refractivity contribution < 1.29 is 23.7 Å². The lowest BCUT2D eigenvalue weighted by Gasteiger charge is -2.30. The first kappa shape index (κ1) is 24.6. The van der Waals surface area contributed by atoms with Crippen LogP contribution in [0.15, 0.2) is 64.4 Å². The monoisotopic (exact) mass is 488 g/mol. The van der Waals surface area contributed by atoms with Gasteiger partial charge in [0.1, 0.15) is 18.0 Å². The van der Waals surface area contributed by atoms with Gasteiger partial charge in [-0.2, -0.15) is 0 Å². The summed E-state index contributed by atoms with van der Waals surface area (Å²) in [5.74, 6) is 2.36. The van der Waals surface area contributed by atoms with Crippen LogP contribution in [-0.2, 0) is 32.2 Å². The smallest absolute Gasteiger partial charge is 0.163 e. The molecule has 0 spiro atoms. The van der Waals surface area contributed by atoms with Gasteiger partial charge in [-0.15, -0.1) is 23.5 Å². The quantitative estimate of drug-likeness (QED) is 0.429. The van der Waals surface area contributed by atoms with E-state index in [1.54, 1.807) is 7.11 Å². The maximum Gasteiger partial charge on any atom is 0.163 e. The molecule has 0 aromatic heterocycles. The zero-order valence-corrected chi connectivity index (χ0v) is 21.1. The van der Waals surface area contributed by atoms with E-state index in [0.29, 0.717) is 26.4 Å². The van der Waals surface area contributed by atoms with E-state index in [1.807, 2.05) is 79.8 Å². The van der Waals surface area contributed by atoms with Gasteiger partial charge in [-0.25, -0.2) is 0 Å². The average Bonchev–Trinajstić information content (AvgIpc) is 3.20. The highest BCUT2D eigenvalue weighted by Crippen LogP contribution is 2.41. The molecule has 0 N–H and O–H groups in total. The summed E-state index contributed by atoms with van der Waals surface area (Å²) in [7, 11) is 1.67. The molecule has 1 fully saturated rings. The highest BCUT2D eigenvalue weighted by Gasteiger charge is 2.41. The molecule has 0 aliphatic carbocycles. The largest absolute Gasteiger partial charge is 0.497 e. The normalized spacial score (nSPS) is 21.2. The van der Waals surface area contributed by atoms with Crippen LogP contribution in [0.2, 0.25) is 0 Å².